The summed E-state index contributed by atoms with van der Waals surface area (Å²) in [5.74, 6) is -1.86. The molecular weight excluding hydrogens is 658 g/mol. The third-order valence-electron chi connectivity index (χ3n) is 9.41. The molecule has 7 rings (SSSR count). The van der Waals surface area contributed by atoms with E-state index in [1.807, 2.05) is 54.6 Å². The molecule has 3 amide bonds. The van der Waals surface area contributed by atoms with Gasteiger partial charge < -0.3 is 19.3 Å². The number of hydrogen-bond acceptors (Lipinski definition) is 7. The van der Waals surface area contributed by atoms with Gasteiger partial charge >= 0.3 is 6.09 Å². The van der Waals surface area contributed by atoms with E-state index in [9.17, 15) is 19.2 Å². The number of rotatable bonds is 6. The lowest BCUT2D eigenvalue weighted by atomic mass is 9.98. The third kappa shape index (κ3) is 6.50. The molecule has 0 spiro atoms. The van der Waals surface area contributed by atoms with Crippen LogP contribution in [0.2, 0.25) is 0 Å². The molecule has 266 valence electrons. The Morgan fingerprint density at radius 2 is 1.50 bits per heavy atom. The van der Waals surface area contributed by atoms with Crippen molar-refractivity contribution >= 4 is 57.5 Å². The van der Waals surface area contributed by atoms with Crippen LogP contribution in [-0.4, -0.2) is 59.4 Å². The van der Waals surface area contributed by atoms with Crippen molar-refractivity contribution < 1.29 is 28.7 Å². The highest BCUT2D eigenvalue weighted by Crippen LogP contribution is 2.41. The van der Waals surface area contributed by atoms with E-state index in [-0.39, 0.29) is 18.9 Å². The molecule has 2 aliphatic rings. The van der Waals surface area contributed by atoms with Gasteiger partial charge in [0.15, 0.2) is 0 Å². The summed E-state index contributed by atoms with van der Waals surface area (Å²) in [6, 6.07) is 29.1. The molecule has 0 fully saturated rings. The van der Waals surface area contributed by atoms with Gasteiger partial charge in [0, 0.05) is 29.6 Å². The summed E-state index contributed by atoms with van der Waals surface area (Å²) < 4.78 is 12.5. The fourth-order valence-electron chi connectivity index (χ4n) is 7.09. The topological polar surface area (TPSA) is 114 Å². The van der Waals surface area contributed by atoms with Gasteiger partial charge in [-0.1, -0.05) is 54.6 Å². The molecule has 2 aliphatic heterocycles. The maximum atomic E-state index is 15.0. The number of methoxy groups -OCH3 is 1. The number of anilines is 4. The first-order chi connectivity index (χ1) is 25.1. The normalized spacial score (nSPS) is 16.2. The molecule has 0 saturated heterocycles. The van der Waals surface area contributed by atoms with Crippen LogP contribution in [0.4, 0.5) is 27.5 Å². The van der Waals surface area contributed by atoms with Crippen molar-refractivity contribution in [3.05, 3.63) is 108 Å². The van der Waals surface area contributed by atoms with Crippen molar-refractivity contribution in [2.24, 2.45) is 5.92 Å². The van der Waals surface area contributed by atoms with Crippen LogP contribution in [-0.2, 0) is 32.0 Å². The molecule has 52 heavy (non-hydrogen) atoms. The van der Waals surface area contributed by atoms with Crippen molar-refractivity contribution in [2.45, 2.75) is 52.1 Å². The Kier molecular flexibility index (Phi) is 9.27. The number of carbonyl (C=O) groups is 4. The number of ether oxygens (including phenoxy) is 2. The number of nitrogens with zero attached hydrogens (tertiary/aromatic N) is 5. The van der Waals surface area contributed by atoms with Gasteiger partial charge in [0.05, 0.1) is 35.4 Å². The standard InChI is InChI=1S/C41H41N5O6/c1-41(2,3)52-40(50)46-33-19-9-8-17-28(33)31(42-46)25-30-38(48)44(26-37(47)43-24-13-12-18-29-32(43)22-14-23-36(29)51-4)34-20-10-11-21-35(34)45(39(30)49)27-15-6-5-7-16-27/h5-11,14-17,19-23,30H,12-13,18,24-26H2,1-4H3. The highest BCUT2D eigenvalue weighted by Gasteiger charge is 2.43. The van der Waals surface area contributed by atoms with Crippen LogP contribution >= 0.6 is 0 Å². The highest BCUT2D eigenvalue weighted by molar-refractivity contribution is 6.21. The molecule has 11 heteroatoms. The Bertz CT molecular complexity index is 2170. The van der Waals surface area contributed by atoms with Gasteiger partial charge in [-0.05, 0) is 82.5 Å². The van der Waals surface area contributed by atoms with Crippen LogP contribution in [0.5, 0.6) is 5.75 Å². The van der Waals surface area contributed by atoms with E-state index in [0.29, 0.717) is 40.2 Å². The first-order valence-corrected chi connectivity index (χ1v) is 17.5. The molecule has 1 unspecified atom stereocenters. The molecular formula is C41H41N5O6. The van der Waals surface area contributed by atoms with E-state index in [2.05, 4.69) is 5.10 Å². The maximum absolute atomic E-state index is 15.0. The lowest BCUT2D eigenvalue weighted by Crippen LogP contribution is -2.47. The minimum atomic E-state index is -1.29. The predicted molar refractivity (Wildman–Crippen MR) is 199 cm³/mol. The lowest BCUT2D eigenvalue weighted by molar-refractivity contribution is -0.132. The molecule has 1 atom stereocenters. The van der Waals surface area contributed by atoms with Crippen LogP contribution < -0.4 is 19.4 Å². The average molecular weight is 700 g/mol. The SMILES string of the molecule is COc1cccc2c1CCCCN2C(=O)CN1C(=O)C(Cc2nn(C(=O)OC(C)(C)C)c3ccccc23)C(=O)N(c2ccccc2)c2ccccc21. The van der Waals surface area contributed by atoms with Gasteiger partial charge in [-0.25, -0.2) is 4.79 Å². The third-order valence-corrected chi connectivity index (χ3v) is 9.41. The maximum Gasteiger partial charge on any atom is 0.435 e. The monoisotopic (exact) mass is 699 g/mol. The Morgan fingerprint density at radius 1 is 0.808 bits per heavy atom. The van der Waals surface area contributed by atoms with E-state index in [1.165, 1.54) is 9.58 Å². The summed E-state index contributed by atoms with van der Waals surface area (Å²) in [4.78, 5) is 62.2. The molecule has 3 heterocycles. The molecule has 0 aliphatic carbocycles. The van der Waals surface area contributed by atoms with Gasteiger partial charge in [0.1, 0.15) is 23.8 Å². The highest BCUT2D eigenvalue weighted by atomic mass is 16.6. The van der Waals surface area contributed by atoms with Crippen molar-refractivity contribution in [3.63, 3.8) is 0 Å². The van der Waals surface area contributed by atoms with Crippen LogP contribution in [0, 0.1) is 5.92 Å². The Morgan fingerprint density at radius 3 is 2.25 bits per heavy atom. The van der Waals surface area contributed by atoms with E-state index < -0.39 is 29.4 Å². The zero-order valence-electron chi connectivity index (χ0n) is 29.7. The molecule has 1 aromatic heterocycles. The predicted octanol–water partition coefficient (Wildman–Crippen LogP) is 7.07. The van der Waals surface area contributed by atoms with Crippen LogP contribution in [0.25, 0.3) is 10.9 Å². The second kappa shape index (κ2) is 14.0. The van der Waals surface area contributed by atoms with Gasteiger partial charge in [-0.15, -0.1) is 0 Å². The van der Waals surface area contributed by atoms with Crippen LogP contribution in [0.15, 0.2) is 97.1 Å². The molecule has 0 bridgehead atoms. The van der Waals surface area contributed by atoms with Gasteiger partial charge in [0.25, 0.3) is 0 Å². The van der Waals surface area contributed by atoms with E-state index >= 15 is 0 Å². The first kappa shape index (κ1) is 34.5. The summed E-state index contributed by atoms with van der Waals surface area (Å²) in [7, 11) is 1.62. The molecule has 0 N–H and O–H groups in total. The largest absolute Gasteiger partial charge is 0.496 e. The number of para-hydroxylation sites is 4. The summed E-state index contributed by atoms with van der Waals surface area (Å²) in [5.41, 5.74) is 3.30. The number of fused-ring (bicyclic) bond motifs is 3. The summed E-state index contributed by atoms with van der Waals surface area (Å²) >= 11 is 0. The number of carbonyl (C=O) groups excluding carboxylic acids is 4. The summed E-state index contributed by atoms with van der Waals surface area (Å²) in [6.45, 7) is 5.49. The quantitative estimate of drug-likeness (QED) is 0.174. The lowest BCUT2D eigenvalue weighted by Gasteiger charge is -2.29. The second-order valence-electron chi connectivity index (χ2n) is 14.0. The zero-order chi connectivity index (χ0) is 36.6. The smallest absolute Gasteiger partial charge is 0.435 e. The number of aromatic nitrogens is 2. The zero-order valence-corrected chi connectivity index (χ0v) is 29.7. The summed E-state index contributed by atoms with van der Waals surface area (Å²) in [5, 5.41) is 5.25. The summed E-state index contributed by atoms with van der Waals surface area (Å²) in [6.07, 6.45) is 1.63. The number of benzene rings is 4. The molecule has 0 saturated carbocycles. The molecule has 11 nitrogen and oxygen atoms in total. The van der Waals surface area contributed by atoms with E-state index in [0.717, 1.165) is 36.3 Å². The minimum absolute atomic E-state index is 0.125. The molecule has 5 aromatic rings. The fraction of sp³-hybridized carbons (Fsp3) is 0.293. The van der Waals surface area contributed by atoms with Crippen LogP contribution in [0.3, 0.4) is 0 Å². The van der Waals surface area contributed by atoms with E-state index in [1.54, 1.807) is 80.1 Å². The van der Waals surface area contributed by atoms with Gasteiger partial charge in [0.2, 0.25) is 17.7 Å². The molecule has 0 radical (unpaired) electrons. The number of amides is 3. The second-order valence-corrected chi connectivity index (χ2v) is 14.0. The Balaban J connectivity index is 1.32. The van der Waals surface area contributed by atoms with Crippen molar-refractivity contribution in [3.8, 4) is 5.75 Å². The van der Waals surface area contributed by atoms with Crippen molar-refractivity contribution in [1.29, 1.82) is 0 Å². The number of hydrogen-bond donors (Lipinski definition) is 0. The molecule has 4 aromatic carbocycles. The Labute approximate surface area is 302 Å². The minimum Gasteiger partial charge on any atom is -0.496 e. The van der Waals surface area contributed by atoms with Crippen LogP contribution in [0.1, 0.15) is 44.9 Å². The Hall–Kier alpha value is -5.97. The average Bonchev–Trinajstić information content (AvgIpc) is 3.31. The van der Waals surface area contributed by atoms with E-state index in [4.69, 9.17) is 9.47 Å². The van der Waals surface area contributed by atoms with Crippen molar-refractivity contribution in [1.82, 2.24) is 9.78 Å². The van der Waals surface area contributed by atoms with Gasteiger partial charge in [-0.3, -0.25) is 19.3 Å². The van der Waals surface area contributed by atoms with Crippen molar-refractivity contribution in [2.75, 3.05) is 34.9 Å². The first-order valence-electron chi connectivity index (χ1n) is 17.5. The fourth-order valence-corrected chi connectivity index (χ4v) is 7.09. The van der Waals surface area contributed by atoms with Gasteiger partial charge in [-0.2, -0.15) is 9.78 Å².